The first-order valence-electron chi connectivity index (χ1n) is 40.2. The highest BCUT2D eigenvalue weighted by molar-refractivity contribution is 7.89. The van der Waals surface area contributed by atoms with Crippen molar-refractivity contribution in [3.05, 3.63) is 154 Å². The van der Waals surface area contributed by atoms with Gasteiger partial charge in [-0.1, -0.05) is 24.3 Å². The summed E-state index contributed by atoms with van der Waals surface area (Å²) in [6.45, 7) is 17.7. The molecule has 124 heavy (non-hydrogen) atoms. The Morgan fingerprint density at radius 3 is 0.863 bits per heavy atom. The number of benzene rings is 6. The van der Waals surface area contributed by atoms with E-state index in [2.05, 4.69) is 113 Å². The predicted molar refractivity (Wildman–Crippen MR) is 469 cm³/mol. The monoisotopic (exact) mass is 1810 g/mol. The van der Waals surface area contributed by atoms with Crippen LogP contribution in [-0.4, -0.2) is 297 Å². The first-order valence-corrected chi connectivity index (χ1v) is 44.5. The van der Waals surface area contributed by atoms with Gasteiger partial charge in [-0.25, -0.2) is 25.3 Å². The van der Waals surface area contributed by atoms with Gasteiger partial charge in [-0.2, -0.15) is 39.3 Å². The van der Waals surface area contributed by atoms with Crippen molar-refractivity contribution < 1.29 is 109 Å². The highest BCUT2D eigenvalue weighted by Crippen LogP contribution is 2.33. The van der Waals surface area contributed by atoms with E-state index in [0.717, 1.165) is 87.8 Å². The average molecular weight is 1810 g/mol. The summed E-state index contributed by atoms with van der Waals surface area (Å²) in [6.07, 6.45) is -3.71. The second-order valence-electron chi connectivity index (χ2n) is 30.9. The van der Waals surface area contributed by atoms with Gasteiger partial charge in [0.25, 0.3) is 6.47 Å². The number of ketones is 2. The maximum absolute atomic E-state index is 13.1. The van der Waals surface area contributed by atoms with Crippen LogP contribution < -0.4 is 34.6 Å². The number of nitrogens with zero attached hydrogens (tertiary/aromatic N) is 9. The number of carbonyl (C=O) groups excluding carboxylic acids is 5. The van der Waals surface area contributed by atoms with Crippen molar-refractivity contribution in [2.24, 2.45) is 0 Å². The fraction of sp³-hybridized carbons (Fsp3) is 0.529. The molecule has 0 amide bonds. The number of anilines is 4. The van der Waals surface area contributed by atoms with Gasteiger partial charge in [0, 0.05) is 134 Å². The molecule has 0 bridgehead atoms. The van der Waals surface area contributed by atoms with E-state index in [0.29, 0.717) is 75.6 Å². The van der Waals surface area contributed by atoms with Gasteiger partial charge in [0.05, 0.1) is 55.8 Å². The van der Waals surface area contributed by atoms with E-state index in [-0.39, 0.29) is 92.2 Å². The molecule has 37 heteroatoms. The molecule has 9 rings (SSSR count). The summed E-state index contributed by atoms with van der Waals surface area (Å²) >= 11 is 0. The Morgan fingerprint density at radius 1 is 0.411 bits per heavy atom. The number of methoxy groups -OCH3 is 3. The van der Waals surface area contributed by atoms with Crippen molar-refractivity contribution in [2.45, 2.75) is 138 Å². The Kier molecular flexibility index (Phi) is 44.8. The molecule has 3 aliphatic heterocycles. The topological polar surface area (TPSA) is 308 Å². The number of sulfonamides is 3. The van der Waals surface area contributed by atoms with Gasteiger partial charge in [0.15, 0.2) is 18.4 Å². The lowest BCUT2D eigenvalue weighted by atomic mass is 10.0. The number of aryl methyl sites for hydroxylation is 6. The van der Waals surface area contributed by atoms with Crippen molar-refractivity contribution >= 4 is 83.4 Å². The van der Waals surface area contributed by atoms with E-state index in [1.807, 2.05) is 36.4 Å². The predicted octanol–water partition coefficient (Wildman–Crippen LogP) is 11.0. The van der Waals surface area contributed by atoms with Gasteiger partial charge in [-0.05, 0) is 252 Å². The number of rotatable bonds is 35. The van der Waals surface area contributed by atoms with Gasteiger partial charge in [0.2, 0.25) is 42.6 Å². The summed E-state index contributed by atoms with van der Waals surface area (Å²) in [5.74, 6) is 1.79. The zero-order valence-electron chi connectivity index (χ0n) is 74.6. The second-order valence-corrected chi connectivity index (χ2v) is 36.8. The summed E-state index contributed by atoms with van der Waals surface area (Å²) in [4.78, 5) is 67.2. The van der Waals surface area contributed by atoms with Crippen LogP contribution in [0.25, 0.3) is 0 Å². The lowest BCUT2D eigenvalue weighted by Gasteiger charge is -2.36. The number of hydrogen-bond acceptors (Lipinski definition) is 25. The number of aldehydes is 2. The summed E-state index contributed by atoms with van der Waals surface area (Å²) in [6, 6.07) is 36.8. The fourth-order valence-electron chi connectivity index (χ4n) is 14.0. The number of hydrogen-bond donors (Lipinski definition) is 1. The first-order chi connectivity index (χ1) is 58.2. The van der Waals surface area contributed by atoms with Crippen LogP contribution in [0.3, 0.4) is 0 Å². The van der Waals surface area contributed by atoms with Crippen molar-refractivity contribution in [1.82, 2.24) is 27.6 Å². The van der Waals surface area contributed by atoms with Gasteiger partial charge < -0.3 is 68.3 Å². The number of ether oxygens (including phenoxy) is 7. The molecule has 0 radical (unpaired) electrons. The molecular weight excluding hydrogens is 1680 g/mol. The molecule has 6 aromatic rings. The number of nitrogen functional groups attached to an aromatic ring is 1. The van der Waals surface area contributed by atoms with Gasteiger partial charge in [-0.15, -0.1) is 0 Å². The van der Waals surface area contributed by atoms with E-state index in [4.69, 9.17) is 43.7 Å². The van der Waals surface area contributed by atoms with E-state index >= 15 is 0 Å². The third-order valence-electron chi connectivity index (χ3n) is 20.9. The zero-order valence-corrected chi connectivity index (χ0v) is 77.0. The second kappa shape index (κ2) is 51.7. The van der Waals surface area contributed by atoms with Crippen LogP contribution in [0.1, 0.15) is 83.0 Å². The summed E-state index contributed by atoms with van der Waals surface area (Å²) in [5.41, 5.74) is 15.9. The van der Waals surface area contributed by atoms with E-state index < -0.39 is 55.0 Å². The highest BCUT2D eigenvalue weighted by atomic mass is 32.2. The zero-order chi connectivity index (χ0) is 93.0. The molecule has 6 aromatic carbocycles. The SMILES string of the molecule is CN(C)C1CCN(c2ccc(N)cc2)CC1.COc1cc(C)c(S(=O)(=O)N(C)CCOCC(=O)Cc2ccc(N3CCC(N(C)C)CC3)cc2)c(C)c1.COc1cc(C)c(S(=O)(=O)N(C)CCOCC(=O)Cc2ccc(N3CCC(N(C)C)CC3)cc2)c(C)c1.COc1cc(C)c(S(=O)(=O)N(C)CCOCOC=O)c(C)c1.O=CC(F)(F)F.O=CC(F)(F)F. The van der Waals surface area contributed by atoms with Crippen LogP contribution in [0.5, 0.6) is 17.2 Å². The van der Waals surface area contributed by atoms with Crippen molar-refractivity contribution in [1.29, 1.82) is 0 Å². The molecule has 28 nitrogen and oxygen atoms in total. The van der Waals surface area contributed by atoms with Crippen LogP contribution >= 0.6 is 0 Å². The molecule has 692 valence electrons. The molecule has 0 aromatic heterocycles. The van der Waals surface area contributed by atoms with Crippen molar-refractivity contribution in [3.8, 4) is 17.2 Å². The fourth-order valence-corrected chi connectivity index (χ4v) is 18.7. The number of carbonyl (C=O) groups is 5. The quantitative estimate of drug-likeness (QED) is 0.0127. The number of alkyl halides is 6. The highest BCUT2D eigenvalue weighted by Gasteiger charge is 2.31. The summed E-state index contributed by atoms with van der Waals surface area (Å²) in [5, 5.41) is 0. The van der Waals surface area contributed by atoms with Crippen molar-refractivity contribution in [2.75, 3.05) is 204 Å². The van der Waals surface area contributed by atoms with Gasteiger partial charge in [-0.3, -0.25) is 24.0 Å². The van der Waals surface area contributed by atoms with Crippen LogP contribution in [0, 0.1) is 41.5 Å². The Balaban J connectivity index is 0.000000344. The minimum atomic E-state index is -4.64. The Labute approximate surface area is 728 Å². The number of nitrogens with two attached hydrogens (primary N) is 1. The minimum Gasteiger partial charge on any atom is -0.497 e. The number of Topliss-reactive ketones (excluding diaryl/α,β-unsaturated/α-hetero) is 2. The standard InChI is InChI=1S/2C28H41N3O5S.C14H21NO6S.C13H21N3.2C2HF3O/c2*1-21-17-27(35-6)18-22(2)28(21)37(33,34)30(5)15-16-36-20-26(32)19-23-7-9-25(10-8-23)31-13-11-24(12-14-31)29(3)4;1-11-7-13(19-4)8-12(2)14(11)22(17,18)15(3)5-6-20-10-21-9-16;1-15(2)12-7-9-16(10-8-12)13-5-3-11(14)4-6-13;2*3-2(4,5)1-6/h2*7-10,17-18,24H,11-16,19-20H2,1-6H3;7-9H,5-6,10H2,1-4H3;3-6,12H,7-10,14H2,1-2H3;2*1H. The molecule has 3 fully saturated rings. The summed E-state index contributed by atoms with van der Waals surface area (Å²) < 4.78 is 180. The Hall–Kier alpha value is -8.86. The van der Waals surface area contributed by atoms with Crippen LogP contribution in [-0.2, 0) is 85.8 Å². The number of halogens is 6. The number of piperidine rings is 3. The largest absolute Gasteiger partial charge is 0.497 e. The number of likely N-dealkylation sites (N-methyl/N-ethyl adjacent to an activating group) is 3. The maximum Gasteiger partial charge on any atom is 0.446 e. The average Bonchev–Trinajstić information content (AvgIpc) is 0.791. The Morgan fingerprint density at radius 2 is 0.645 bits per heavy atom. The molecular formula is C87H126F6N10O18S3. The lowest BCUT2D eigenvalue weighted by Crippen LogP contribution is -2.41. The molecule has 0 spiro atoms. The molecule has 3 heterocycles. The molecule has 2 N–H and O–H groups in total. The smallest absolute Gasteiger partial charge is 0.446 e. The lowest BCUT2D eigenvalue weighted by molar-refractivity contribution is -0.156. The molecule has 3 saturated heterocycles. The van der Waals surface area contributed by atoms with E-state index in [1.165, 1.54) is 71.1 Å². The van der Waals surface area contributed by atoms with Crippen LogP contribution in [0.15, 0.2) is 124 Å². The third-order valence-corrected chi connectivity index (χ3v) is 27.4. The minimum absolute atomic E-state index is 0.0353. The molecule has 3 aliphatic rings. The third kappa shape index (κ3) is 35.5. The van der Waals surface area contributed by atoms with E-state index in [9.17, 15) is 66.0 Å². The summed E-state index contributed by atoms with van der Waals surface area (Å²) in [7, 11) is 11.0. The van der Waals surface area contributed by atoms with Crippen molar-refractivity contribution in [3.63, 3.8) is 0 Å². The molecule has 0 atom stereocenters. The maximum atomic E-state index is 13.1. The van der Waals surface area contributed by atoms with E-state index in [1.54, 1.807) is 92.2 Å². The molecule has 0 unspecified atom stereocenters. The molecule has 0 saturated carbocycles. The Bertz CT molecular complexity index is 4390. The first kappa shape index (κ1) is 107. The van der Waals surface area contributed by atoms with Gasteiger partial charge in [0.1, 0.15) is 30.5 Å². The van der Waals surface area contributed by atoms with Gasteiger partial charge >= 0.3 is 12.4 Å². The van der Waals surface area contributed by atoms with Crippen LogP contribution in [0.4, 0.5) is 49.1 Å². The normalized spacial score (nSPS) is 14.4. The molecule has 0 aliphatic carbocycles. The van der Waals surface area contributed by atoms with Crippen LogP contribution in [0.2, 0.25) is 0 Å².